The van der Waals surface area contributed by atoms with Crippen LogP contribution in [0.15, 0.2) is 30.7 Å². The second kappa shape index (κ2) is 10.9. The Morgan fingerprint density at radius 1 is 1.22 bits per heavy atom. The predicted octanol–water partition coefficient (Wildman–Crippen LogP) is 2.99. The van der Waals surface area contributed by atoms with E-state index in [4.69, 9.17) is 9.47 Å². The molecule has 1 fully saturated rings. The molecule has 11 nitrogen and oxygen atoms in total. The van der Waals surface area contributed by atoms with Crippen LogP contribution >= 0.6 is 0 Å². The van der Waals surface area contributed by atoms with Gasteiger partial charge in [0, 0.05) is 51.5 Å². The molecule has 0 unspecified atom stereocenters. The van der Waals surface area contributed by atoms with E-state index in [1.54, 1.807) is 15.8 Å². The fraction of sp³-hybridized carbons (Fsp3) is 0.520. The van der Waals surface area contributed by atoms with Crippen molar-refractivity contribution in [2.24, 2.45) is 0 Å². The maximum absolute atomic E-state index is 12.1. The maximum atomic E-state index is 12.1. The molecule has 0 aliphatic carbocycles. The second-order valence-corrected chi connectivity index (χ2v) is 12.0. The molecule has 12 heteroatoms. The van der Waals surface area contributed by atoms with Crippen molar-refractivity contribution in [2.75, 3.05) is 43.6 Å². The number of benzene rings is 1. The molecule has 1 amide bonds. The molecule has 2 aromatic heterocycles. The zero-order chi connectivity index (χ0) is 26.7. The summed E-state index contributed by atoms with van der Waals surface area (Å²) in [6, 6.07) is 5.89. The molecule has 0 radical (unpaired) electrons. The van der Waals surface area contributed by atoms with Crippen molar-refractivity contribution >= 4 is 32.7 Å². The third kappa shape index (κ3) is 6.48. The van der Waals surface area contributed by atoms with Gasteiger partial charge in [0.1, 0.15) is 27.7 Å². The van der Waals surface area contributed by atoms with Crippen LogP contribution in [0, 0.1) is 6.92 Å². The molecule has 3 aromatic rings. The monoisotopic (exact) mass is 530 g/mol. The van der Waals surface area contributed by atoms with E-state index in [1.807, 2.05) is 50.9 Å². The number of aromatic nitrogens is 4. The molecule has 0 N–H and O–H groups in total. The zero-order valence-corrected chi connectivity index (χ0v) is 22.7. The van der Waals surface area contributed by atoms with Gasteiger partial charge in [-0.05, 0) is 44.5 Å². The summed E-state index contributed by atoms with van der Waals surface area (Å²) in [5.74, 6) is 0.559. The molecular formula is C25H34N6O5S. The van der Waals surface area contributed by atoms with Gasteiger partial charge in [-0.15, -0.1) is 0 Å². The Hall–Kier alpha value is -3.41. The molecular weight excluding hydrogens is 496 g/mol. The second-order valence-electron chi connectivity index (χ2n) is 9.73. The molecule has 200 valence electrons. The summed E-state index contributed by atoms with van der Waals surface area (Å²) < 4.78 is 36.3. The van der Waals surface area contributed by atoms with E-state index in [9.17, 15) is 13.2 Å². The fourth-order valence-corrected chi connectivity index (χ4v) is 4.84. The third-order valence-electron chi connectivity index (χ3n) is 6.29. The highest BCUT2D eigenvalue weighted by Crippen LogP contribution is 2.28. The number of hydrogen-bond donors (Lipinski definition) is 0. The predicted molar refractivity (Wildman–Crippen MR) is 141 cm³/mol. The van der Waals surface area contributed by atoms with E-state index in [2.05, 4.69) is 15.1 Å². The highest BCUT2D eigenvalue weighted by Gasteiger charge is 2.26. The highest BCUT2D eigenvalue weighted by molar-refractivity contribution is 7.90. The lowest BCUT2D eigenvalue weighted by molar-refractivity contribution is 0.0511. The normalized spacial score (nSPS) is 14.8. The summed E-state index contributed by atoms with van der Waals surface area (Å²) in [5.41, 5.74) is 3.38. The average Bonchev–Trinajstić information content (AvgIpc) is 3.27. The number of hydrogen-bond acceptors (Lipinski definition) is 9. The van der Waals surface area contributed by atoms with E-state index < -0.39 is 9.84 Å². The van der Waals surface area contributed by atoms with Gasteiger partial charge < -0.3 is 19.3 Å². The van der Waals surface area contributed by atoms with E-state index in [1.165, 1.54) is 12.6 Å². The Kier molecular flexibility index (Phi) is 7.86. The van der Waals surface area contributed by atoms with Gasteiger partial charge in [-0.1, -0.05) is 0 Å². The summed E-state index contributed by atoms with van der Waals surface area (Å²) in [6.07, 6.45) is 5.26. The molecule has 0 atom stereocenters. The van der Waals surface area contributed by atoms with Crippen molar-refractivity contribution in [2.45, 2.75) is 45.8 Å². The van der Waals surface area contributed by atoms with Gasteiger partial charge in [0.25, 0.3) is 0 Å². The first-order valence-corrected chi connectivity index (χ1v) is 14.4. The van der Waals surface area contributed by atoms with Gasteiger partial charge in [0.2, 0.25) is 5.88 Å². The quantitative estimate of drug-likeness (QED) is 0.433. The lowest BCUT2D eigenvalue weighted by Gasteiger charge is -2.31. The molecule has 0 saturated carbocycles. The van der Waals surface area contributed by atoms with Gasteiger partial charge in [-0.25, -0.2) is 27.9 Å². The van der Waals surface area contributed by atoms with Crippen LogP contribution in [0.25, 0.3) is 16.7 Å². The van der Waals surface area contributed by atoms with Gasteiger partial charge in [-0.2, -0.15) is 5.10 Å². The molecule has 0 spiro atoms. The minimum atomic E-state index is -3.04. The zero-order valence-electron chi connectivity index (χ0n) is 21.9. The van der Waals surface area contributed by atoms with Crippen LogP contribution < -0.4 is 9.64 Å². The number of anilines is 1. The van der Waals surface area contributed by atoms with E-state index in [0.717, 1.165) is 16.9 Å². The summed E-state index contributed by atoms with van der Waals surface area (Å²) in [6.45, 7) is 7.19. The van der Waals surface area contributed by atoms with Crippen LogP contribution in [-0.4, -0.2) is 90.1 Å². The molecule has 1 aliphatic heterocycles. The number of fused-ring (bicyclic) bond motifs is 1. The van der Waals surface area contributed by atoms with Crippen molar-refractivity contribution in [1.82, 2.24) is 24.6 Å². The molecule has 1 aromatic carbocycles. The number of carbonyl (C=O) groups excluding carboxylic acids is 1. The van der Waals surface area contributed by atoms with Crippen molar-refractivity contribution in [3.8, 4) is 11.6 Å². The Bertz CT molecular complexity index is 1370. The SMILES string of the molecule is Cc1cc(N(C)CCS(C)(=O)=O)ccc1-n1ncc2c(OC3CCN(C(=O)OC(C)C)CC3)ncnc21. The van der Waals surface area contributed by atoms with Crippen LogP contribution in [0.2, 0.25) is 0 Å². The Balaban J connectivity index is 1.48. The number of rotatable bonds is 8. The van der Waals surface area contributed by atoms with E-state index >= 15 is 0 Å². The smallest absolute Gasteiger partial charge is 0.410 e. The number of amides is 1. The van der Waals surface area contributed by atoms with Gasteiger partial charge in [0.15, 0.2) is 5.65 Å². The number of nitrogens with zero attached hydrogens (tertiary/aromatic N) is 6. The first kappa shape index (κ1) is 26.6. The third-order valence-corrected chi connectivity index (χ3v) is 7.22. The molecule has 37 heavy (non-hydrogen) atoms. The Morgan fingerprint density at radius 3 is 2.59 bits per heavy atom. The van der Waals surface area contributed by atoms with Crippen LogP contribution in [0.3, 0.4) is 0 Å². The topological polar surface area (TPSA) is 120 Å². The van der Waals surface area contributed by atoms with E-state index in [-0.39, 0.29) is 24.1 Å². The molecule has 3 heterocycles. The van der Waals surface area contributed by atoms with Crippen LogP contribution in [0.1, 0.15) is 32.3 Å². The van der Waals surface area contributed by atoms with Crippen molar-refractivity contribution in [1.29, 1.82) is 0 Å². The summed E-state index contributed by atoms with van der Waals surface area (Å²) in [5, 5.41) is 5.26. The maximum Gasteiger partial charge on any atom is 0.410 e. The number of sulfone groups is 1. The largest absolute Gasteiger partial charge is 0.474 e. The summed E-state index contributed by atoms with van der Waals surface area (Å²) >= 11 is 0. The van der Waals surface area contributed by atoms with Crippen LogP contribution in [0.5, 0.6) is 5.88 Å². The minimum absolute atomic E-state index is 0.0759. The molecule has 4 rings (SSSR count). The first-order valence-electron chi connectivity index (χ1n) is 12.3. The van der Waals surface area contributed by atoms with E-state index in [0.29, 0.717) is 49.4 Å². The number of carbonyl (C=O) groups is 1. The number of aryl methyl sites for hydroxylation is 1. The Labute approximate surface area is 217 Å². The molecule has 0 bridgehead atoms. The number of ether oxygens (including phenoxy) is 2. The van der Waals surface area contributed by atoms with Gasteiger partial charge in [-0.3, -0.25) is 0 Å². The van der Waals surface area contributed by atoms with Crippen LogP contribution in [0.4, 0.5) is 10.5 Å². The fourth-order valence-electron chi connectivity index (χ4n) is 4.23. The lowest BCUT2D eigenvalue weighted by atomic mass is 10.1. The average molecular weight is 531 g/mol. The number of piperidine rings is 1. The summed E-state index contributed by atoms with van der Waals surface area (Å²) in [4.78, 5) is 24.6. The summed E-state index contributed by atoms with van der Waals surface area (Å²) in [7, 11) is -1.16. The molecule has 1 saturated heterocycles. The Morgan fingerprint density at radius 2 is 1.95 bits per heavy atom. The van der Waals surface area contributed by atoms with Crippen molar-refractivity contribution < 1.29 is 22.7 Å². The standard InChI is InChI=1S/C25H34N6O5S/c1-17(2)35-25(32)30-10-8-20(9-11-30)36-24-21-15-28-31(23(21)26-16-27-24)22-7-6-19(14-18(22)3)29(4)12-13-37(5,33)34/h6-7,14-17,20H,8-13H2,1-5H3. The van der Waals surface area contributed by atoms with Crippen LogP contribution in [-0.2, 0) is 14.6 Å². The van der Waals surface area contributed by atoms with Crippen molar-refractivity contribution in [3.63, 3.8) is 0 Å². The minimum Gasteiger partial charge on any atom is -0.474 e. The van der Waals surface area contributed by atoms with Gasteiger partial charge >= 0.3 is 6.09 Å². The number of likely N-dealkylation sites (tertiary alicyclic amines) is 1. The molecule has 1 aliphatic rings. The highest BCUT2D eigenvalue weighted by atomic mass is 32.2. The van der Waals surface area contributed by atoms with Gasteiger partial charge in [0.05, 0.1) is 23.7 Å². The first-order chi connectivity index (χ1) is 17.5. The van der Waals surface area contributed by atoms with Crippen molar-refractivity contribution in [3.05, 3.63) is 36.3 Å². The lowest BCUT2D eigenvalue weighted by Crippen LogP contribution is -2.42.